The Bertz CT molecular complexity index is 1260. The van der Waals surface area contributed by atoms with Crippen LogP contribution >= 0.6 is 0 Å². The molecule has 0 spiro atoms. The van der Waals surface area contributed by atoms with Gasteiger partial charge < -0.3 is 20.1 Å². The molecule has 0 aliphatic heterocycles. The van der Waals surface area contributed by atoms with Gasteiger partial charge in [-0.3, -0.25) is 9.59 Å². The van der Waals surface area contributed by atoms with Crippen LogP contribution in [0.3, 0.4) is 0 Å². The first kappa shape index (κ1) is 26.0. The van der Waals surface area contributed by atoms with Crippen molar-refractivity contribution in [1.82, 2.24) is 5.43 Å². The lowest BCUT2D eigenvalue weighted by atomic mass is 10.1. The molecular formula is C27H28N4O5. The number of nitrogens with zero attached hydrogens (tertiary/aromatic N) is 1. The highest BCUT2D eigenvalue weighted by atomic mass is 16.6. The number of para-hydroxylation sites is 2. The molecule has 0 aliphatic carbocycles. The lowest BCUT2D eigenvalue weighted by Crippen LogP contribution is -2.29. The summed E-state index contributed by atoms with van der Waals surface area (Å²) in [6, 6.07) is 20.3. The number of ether oxygens (including phenoxy) is 2. The van der Waals surface area contributed by atoms with Gasteiger partial charge in [0.1, 0.15) is 11.4 Å². The molecular weight excluding hydrogens is 460 g/mol. The predicted molar refractivity (Wildman–Crippen MR) is 139 cm³/mol. The second-order valence-electron chi connectivity index (χ2n) is 8.68. The Morgan fingerprint density at radius 2 is 1.42 bits per heavy atom. The first-order valence-corrected chi connectivity index (χ1v) is 11.1. The second-order valence-corrected chi connectivity index (χ2v) is 8.68. The Labute approximate surface area is 209 Å². The number of hydrogen-bond acceptors (Lipinski definition) is 6. The van der Waals surface area contributed by atoms with Crippen LogP contribution in [0.2, 0.25) is 0 Å². The number of amides is 3. The van der Waals surface area contributed by atoms with Crippen LogP contribution in [0.1, 0.15) is 47.1 Å². The fourth-order valence-corrected chi connectivity index (χ4v) is 3.05. The molecule has 0 aromatic heterocycles. The van der Waals surface area contributed by atoms with Gasteiger partial charge in [0.15, 0.2) is 0 Å². The average Bonchev–Trinajstić information content (AvgIpc) is 2.84. The topological polar surface area (TPSA) is 118 Å². The molecule has 0 unspecified atom stereocenters. The highest BCUT2D eigenvalue weighted by molar-refractivity contribution is 6.10. The minimum atomic E-state index is -0.680. The van der Waals surface area contributed by atoms with Crippen molar-refractivity contribution in [2.45, 2.75) is 26.4 Å². The molecule has 0 saturated carbocycles. The number of hydrogen-bond donors (Lipinski definition) is 3. The molecule has 3 aromatic carbocycles. The van der Waals surface area contributed by atoms with Crippen molar-refractivity contribution in [3.8, 4) is 5.75 Å². The number of rotatable bonds is 7. The summed E-state index contributed by atoms with van der Waals surface area (Å²) < 4.78 is 10.2. The van der Waals surface area contributed by atoms with Crippen molar-refractivity contribution >= 4 is 35.5 Å². The van der Waals surface area contributed by atoms with Gasteiger partial charge in [-0.15, -0.1) is 0 Å². The van der Waals surface area contributed by atoms with Crippen molar-refractivity contribution < 1.29 is 23.9 Å². The van der Waals surface area contributed by atoms with Crippen molar-refractivity contribution in [2.24, 2.45) is 5.10 Å². The summed E-state index contributed by atoms with van der Waals surface area (Å²) in [6.07, 6.45) is 0.727. The van der Waals surface area contributed by atoms with E-state index in [-0.39, 0.29) is 11.8 Å². The molecule has 0 aliphatic rings. The smallest absolute Gasteiger partial charge is 0.428 e. The van der Waals surface area contributed by atoms with Gasteiger partial charge in [-0.05, 0) is 74.9 Å². The molecule has 9 heteroatoms. The number of carbonyl (C=O) groups is 3. The van der Waals surface area contributed by atoms with E-state index in [1.54, 1.807) is 101 Å². The SMILES string of the molecule is COc1ccc(C(=O)Nc2ccccc2NC(=O)c2cccc(C=NNC(=O)OC(C)(C)C)c2)cc1. The van der Waals surface area contributed by atoms with Gasteiger partial charge in [0.25, 0.3) is 11.8 Å². The number of hydrazone groups is 1. The number of benzene rings is 3. The maximum absolute atomic E-state index is 12.9. The van der Waals surface area contributed by atoms with Crippen LogP contribution < -0.4 is 20.8 Å². The standard InChI is InChI=1S/C27H28N4O5/c1-27(2,3)36-26(34)31-28-17-18-8-7-9-20(16-18)25(33)30-23-11-6-5-10-22(23)29-24(32)19-12-14-21(35-4)15-13-19/h5-17H,1-4H3,(H,29,32)(H,30,33)(H,31,34). The number of nitrogens with one attached hydrogen (secondary N) is 3. The van der Waals surface area contributed by atoms with E-state index in [1.165, 1.54) is 6.21 Å². The first-order chi connectivity index (χ1) is 17.1. The van der Waals surface area contributed by atoms with Crippen molar-refractivity contribution in [2.75, 3.05) is 17.7 Å². The van der Waals surface area contributed by atoms with Crippen LogP contribution in [0.5, 0.6) is 5.75 Å². The van der Waals surface area contributed by atoms with Crippen LogP contribution in [0, 0.1) is 0 Å². The molecule has 3 N–H and O–H groups in total. The quantitative estimate of drug-likeness (QED) is 0.317. The maximum atomic E-state index is 12.9. The predicted octanol–water partition coefficient (Wildman–Crippen LogP) is 5.06. The van der Waals surface area contributed by atoms with E-state index in [0.717, 1.165) is 0 Å². The van der Waals surface area contributed by atoms with Gasteiger partial charge in [0, 0.05) is 11.1 Å². The Kier molecular flexibility index (Phi) is 8.40. The summed E-state index contributed by atoms with van der Waals surface area (Å²) in [7, 11) is 1.55. The molecule has 3 rings (SSSR count). The zero-order valence-corrected chi connectivity index (χ0v) is 20.5. The number of anilines is 2. The molecule has 186 valence electrons. The fraction of sp³-hybridized carbons (Fsp3) is 0.185. The van der Waals surface area contributed by atoms with Gasteiger partial charge >= 0.3 is 6.09 Å². The molecule has 3 amide bonds. The highest BCUT2D eigenvalue weighted by Gasteiger charge is 2.15. The summed E-state index contributed by atoms with van der Waals surface area (Å²) >= 11 is 0. The lowest BCUT2D eigenvalue weighted by molar-refractivity contribution is 0.0529. The lowest BCUT2D eigenvalue weighted by Gasteiger charge is -2.18. The fourth-order valence-electron chi connectivity index (χ4n) is 3.05. The molecule has 0 atom stereocenters. The molecule has 0 bridgehead atoms. The minimum absolute atomic E-state index is 0.324. The maximum Gasteiger partial charge on any atom is 0.428 e. The van der Waals surface area contributed by atoms with Crippen molar-refractivity contribution in [3.63, 3.8) is 0 Å². The van der Waals surface area contributed by atoms with Gasteiger partial charge in [0.2, 0.25) is 0 Å². The van der Waals surface area contributed by atoms with E-state index in [4.69, 9.17) is 9.47 Å². The highest BCUT2D eigenvalue weighted by Crippen LogP contribution is 2.23. The van der Waals surface area contributed by atoms with E-state index >= 15 is 0 Å². The average molecular weight is 489 g/mol. The normalized spacial score (nSPS) is 11.0. The van der Waals surface area contributed by atoms with Crippen LogP contribution in [-0.4, -0.2) is 36.8 Å². The summed E-state index contributed by atoms with van der Waals surface area (Å²) in [5.74, 6) is -0.0568. The van der Waals surface area contributed by atoms with Crippen LogP contribution in [-0.2, 0) is 4.74 Å². The summed E-state index contributed by atoms with van der Waals surface area (Å²) in [6.45, 7) is 5.25. The largest absolute Gasteiger partial charge is 0.497 e. The molecule has 0 radical (unpaired) electrons. The van der Waals surface area contributed by atoms with Crippen LogP contribution in [0.25, 0.3) is 0 Å². The van der Waals surface area contributed by atoms with Gasteiger partial charge in [0.05, 0.1) is 24.7 Å². The second kappa shape index (κ2) is 11.7. The van der Waals surface area contributed by atoms with Gasteiger partial charge in [-0.25, -0.2) is 10.2 Å². The van der Waals surface area contributed by atoms with Crippen molar-refractivity contribution in [1.29, 1.82) is 0 Å². The zero-order chi connectivity index (χ0) is 26.1. The third-order valence-corrected chi connectivity index (χ3v) is 4.69. The monoisotopic (exact) mass is 488 g/mol. The molecule has 0 saturated heterocycles. The van der Waals surface area contributed by atoms with Gasteiger partial charge in [-0.2, -0.15) is 5.10 Å². The third-order valence-electron chi connectivity index (χ3n) is 4.69. The summed E-state index contributed by atoms with van der Waals surface area (Å²) in [5.41, 5.74) is 3.95. The van der Waals surface area contributed by atoms with Crippen LogP contribution in [0.15, 0.2) is 77.9 Å². The van der Waals surface area contributed by atoms with E-state index in [1.807, 2.05) is 0 Å². The van der Waals surface area contributed by atoms with E-state index in [2.05, 4.69) is 21.2 Å². The molecule has 9 nitrogen and oxygen atoms in total. The minimum Gasteiger partial charge on any atom is -0.497 e. The molecule has 0 heterocycles. The summed E-state index contributed by atoms with van der Waals surface area (Å²) in [4.78, 5) is 37.3. The molecule has 3 aromatic rings. The number of carbonyl (C=O) groups excluding carboxylic acids is 3. The number of methoxy groups -OCH3 is 1. The Hall–Kier alpha value is -4.66. The first-order valence-electron chi connectivity index (χ1n) is 11.1. The van der Waals surface area contributed by atoms with E-state index < -0.39 is 11.7 Å². The Morgan fingerprint density at radius 1 is 0.806 bits per heavy atom. The van der Waals surface area contributed by atoms with Crippen molar-refractivity contribution in [3.05, 3.63) is 89.5 Å². The Morgan fingerprint density at radius 3 is 2.00 bits per heavy atom. The third kappa shape index (κ3) is 7.69. The van der Waals surface area contributed by atoms with Gasteiger partial charge in [-0.1, -0.05) is 24.3 Å². The van der Waals surface area contributed by atoms with E-state index in [0.29, 0.717) is 33.8 Å². The molecule has 0 fully saturated rings. The van der Waals surface area contributed by atoms with E-state index in [9.17, 15) is 14.4 Å². The Balaban J connectivity index is 1.67. The van der Waals surface area contributed by atoms with Crippen LogP contribution in [0.4, 0.5) is 16.2 Å². The zero-order valence-electron chi connectivity index (χ0n) is 20.5. The molecule has 36 heavy (non-hydrogen) atoms. The summed E-state index contributed by atoms with van der Waals surface area (Å²) in [5, 5.41) is 9.50.